The molecule has 2 aromatic carbocycles. The van der Waals surface area contributed by atoms with Gasteiger partial charge in [0.15, 0.2) is 0 Å². The Balaban J connectivity index is 0.00000176. The van der Waals surface area contributed by atoms with E-state index in [4.69, 9.17) is 22.6 Å². The summed E-state index contributed by atoms with van der Waals surface area (Å²) in [6.07, 6.45) is 2.89. The zero-order valence-corrected chi connectivity index (χ0v) is 13.7. The van der Waals surface area contributed by atoms with Gasteiger partial charge in [-0.1, -0.05) is 29.8 Å². The summed E-state index contributed by atoms with van der Waals surface area (Å²) >= 11 is 5.94. The summed E-state index contributed by atoms with van der Waals surface area (Å²) in [4.78, 5) is 0. The van der Waals surface area contributed by atoms with Crippen LogP contribution in [-0.4, -0.2) is 6.04 Å². The smallest absolute Gasteiger partial charge is 0.0991 e. The van der Waals surface area contributed by atoms with Crippen molar-refractivity contribution in [1.29, 1.82) is 5.26 Å². The van der Waals surface area contributed by atoms with Gasteiger partial charge in [0.1, 0.15) is 0 Å². The van der Waals surface area contributed by atoms with Crippen molar-refractivity contribution in [3.63, 3.8) is 0 Å². The molecule has 114 valence electrons. The minimum Gasteiger partial charge on any atom is -0.327 e. The van der Waals surface area contributed by atoms with Crippen LogP contribution in [0, 0.1) is 11.3 Å². The van der Waals surface area contributed by atoms with Crippen LogP contribution in [-0.2, 0) is 12.8 Å². The molecule has 0 aromatic heterocycles. The molecular weight excluding hydrogens is 315 g/mol. The molecule has 0 saturated carbocycles. The van der Waals surface area contributed by atoms with Crippen LogP contribution in [0.2, 0.25) is 5.02 Å². The van der Waals surface area contributed by atoms with Gasteiger partial charge in [-0.2, -0.15) is 5.26 Å². The summed E-state index contributed by atoms with van der Waals surface area (Å²) in [6, 6.07) is 16.3. The molecule has 0 radical (unpaired) electrons. The maximum atomic E-state index is 9.12. The normalized spacial score (nSPS) is 19.7. The Kier molecular flexibility index (Phi) is 5.47. The topological polar surface area (TPSA) is 49.8 Å². The first kappa shape index (κ1) is 16.8. The second kappa shape index (κ2) is 7.15. The Hall–Kier alpha value is -1.53. The first-order valence-corrected chi connectivity index (χ1v) is 7.58. The Morgan fingerprint density at radius 1 is 1.18 bits per heavy atom. The first-order chi connectivity index (χ1) is 10.2. The molecule has 4 heteroatoms. The highest BCUT2D eigenvalue weighted by molar-refractivity contribution is 6.30. The van der Waals surface area contributed by atoms with Crippen molar-refractivity contribution in [1.82, 2.24) is 0 Å². The van der Waals surface area contributed by atoms with Crippen molar-refractivity contribution in [3.05, 3.63) is 69.7 Å². The van der Waals surface area contributed by atoms with Crippen molar-refractivity contribution < 1.29 is 0 Å². The van der Waals surface area contributed by atoms with Gasteiger partial charge in [-0.05, 0) is 60.2 Å². The highest BCUT2D eigenvalue weighted by Gasteiger charge is 2.27. The Morgan fingerprint density at radius 3 is 2.59 bits per heavy atom. The van der Waals surface area contributed by atoms with Gasteiger partial charge in [-0.15, -0.1) is 12.4 Å². The van der Waals surface area contributed by atoms with Gasteiger partial charge in [0, 0.05) is 17.0 Å². The summed E-state index contributed by atoms with van der Waals surface area (Å²) in [6.45, 7) is 0. The van der Waals surface area contributed by atoms with E-state index in [9.17, 15) is 0 Å². The van der Waals surface area contributed by atoms with Crippen LogP contribution in [0.15, 0.2) is 42.5 Å². The lowest BCUT2D eigenvalue weighted by molar-refractivity contribution is 0.467. The Labute approximate surface area is 142 Å². The highest BCUT2D eigenvalue weighted by atomic mass is 35.5. The van der Waals surface area contributed by atoms with Crippen molar-refractivity contribution >= 4 is 24.0 Å². The predicted octanol–water partition coefficient (Wildman–Crippen LogP) is 4.23. The molecule has 0 bridgehead atoms. The average molecular weight is 333 g/mol. The molecule has 3 rings (SSSR count). The zero-order valence-electron chi connectivity index (χ0n) is 12.1. The van der Waals surface area contributed by atoms with Crippen LogP contribution in [0.5, 0.6) is 0 Å². The second-order valence-electron chi connectivity index (χ2n) is 5.67. The van der Waals surface area contributed by atoms with Gasteiger partial charge in [-0.3, -0.25) is 0 Å². The van der Waals surface area contributed by atoms with E-state index < -0.39 is 0 Å². The van der Waals surface area contributed by atoms with Gasteiger partial charge in [-0.25, -0.2) is 0 Å². The fourth-order valence-electron chi connectivity index (χ4n) is 3.13. The third-order valence-corrected chi connectivity index (χ3v) is 4.56. The van der Waals surface area contributed by atoms with Crippen LogP contribution >= 0.6 is 24.0 Å². The summed E-state index contributed by atoms with van der Waals surface area (Å²) < 4.78 is 0. The molecule has 2 N–H and O–H groups in total. The van der Waals surface area contributed by atoms with E-state index in [1.165, 1.54) is 16.7 Å². The molecule has 2 atom stereocenters. The van der Waals surface area contributed by atoms with Crippen LogP contribution < -0.4 is 5.73 Å². The number of benzene rings is 2. The molecule has 0 fully saturated rings. The number of hydrogen-bond acceptors (Lipinski definition) is 2. The number of halogens is 2. The molecule has 22 heavy (non-hydrogen) atoms. The lowest BCUT2D eigenvalue weighted by atomic mass is 9.76. The predicted molar refractivity (Wildman–Crippen MR) is 92.6 cm³/mol. The molecule has 1 aliphatic rings. The number of nitrogens with two attached hydrogens (primary N) is 1. The van der Waals surface area contributed by atoms with Gasteiger partial charge in [0.25, 0.3) is 0 Å². The van der Waals surface area contributed by atoms with Gasteiger partial charge in [0.05, 0.1) is 11.6 Å². The number of aryl methyl sites for hydroxylation is 1. The van der Waals surface area contributed by atoms with E-state index >= 15 is 0 Å². The summed E-state index contributed by atoms with van der Waals surface area (Å²) in [5.41, 5.74) is 10.9. The van der Waals surface area contributed by atoms with Crippen molar-refractivity contribution in [2.24, 2.45) is 5.73 Å². The van der Waals surface area contributed by atoms with Crippen molar-refractivity contribution in [2.45, 2.75) is 31.2 Å². The lowest BCUT2D eigenvalue weighted by Gasteiger charge is -2.31. The lowest BCUT2D eigenvalue weighted by Crippen LogP contribution is -2.34. The quantitative estimate of drug-likeness (QED) is 0.894. The number of nitriles is 1. The Bertz CT molecular complexity index is 689. The zero-order chi connectivity index (χ0) is 14.8. The fraction of sp³-hybridized carbons (Fsp3) is 0.278. The van der Waals surface area contributed by atoms with Crippen LogP contribution in [0.25, 0.3) is 0 Å². The first-order valence-electron chi connectivity index (χ1n) is 7.20. The second-order valence-corrected chi connectivity index (χ2v) is 6.10. The molecule has 0 amide bonds. The monoisotopic (exact) mass is 332 g/mol. The van der Waals surface area contributed by atoms with Crippen molar-refractivity contribution in [2.75, 3.05) is 0 Å². The average Bonchev–Trinajstić information content (AvgIpc) is 2.51. The summed E-state index contributed by atoms with van der Waals surface area (Å²) in [5.74, 6) is 0.267. The number of rotatable bonds is 2. The summed E-state index contributed by atoms with van der Waals surface area (Å²) in [7, 11) is 0. The SMILES string of the molecule is Cl.N#Cc1ccc2c(c1)C(Cc1ccc(Cl)cc1)C(N)CC2. The highest BCUT2D eigenvalue weighted by Crippen LogP contribution is 2.34. The maximum Gasteiger partial charge on any atom is 0.0991 e. The molecule has 2 aromatic rings. The minimum atomic E-state index is 0. The van der Waals surface area contributed by atoms with Crippen LogP contribution in [0.3, 0.4) is 0 Å². The minimum absolute atomic E-state index is 0. The molecule has 0 spiro atoms. The van der Waals surface area contributed by atoms with E-state index in [1.54, 1.807) is 0 Å². The molecule has 1 aliphatic carbocycles. The molecular formula is C18H18Cl2N2. The van der Waals surface area contributed by atoms with E-state index in [0.717, 1.165) is 24.3 Å². The molecule has 0 saturated heterocycles. The third kappa shape index (κ3) is 3.44. The van der Waals surface area contributed by atoms with Gasteiger partial charge in [0.2, 0.25) is 0 Å². The fourth-order valence-corrected chi connectivity index (χ4v) is 3.25. The number of nitrogens with zero attached hydrogens (tertiary/aromatic N) is 1. The van der Waals surface area contributed by atoms with E-state index in [0.29, 0.717) is 5.56 Å². The maximum absolute atomic E-state index is 9.12. The van der Waals surface area contributed by atoms with E-state index in [2.05, 4.69) is 24.3 Å². The molecule has 2 nitrogen and oxygen atoms in total. The van der Waals surface area contributed by atoms with Crippen LogP contribution in [0.4, 0.5) is 0 Å². The largest absolute Gasteiger partial charge is 0.327 e. The standard InChI is InChI=1S/C18H17ClN2.ClH/c19-15-6-2-12(3-7-15)9-17-16-10-13(11-20)1-4-14(16)5-8-18(17)21;/h1-4,6-7,10,17-18H,5,8-9,21H2;1H. The van der Waals surface area contributed by atoms with Gasteiger partial charge >= 0.3 is 0 Å². The Morgan fingerprint density at radius 2 is 1.91 bits per heavy atom. The van der Waals surface area contributed by atoms with Gasteiger partial charge < -0.3 is 5.73 Å². The molecule has 0 heterocycles. The molecule has 0 aliphatic heterocycles. The van der Waals surface area contributed by atoms with Crippen molar-refractivity contribution in [3.8, 4) is 6.07 Å². The van der Waals surface area contributed by atoms with E-state index in [-0.39, 0.29) is 24.4 Å². The van der Waals surface area contributed by atoms with E-state index in [1.807, 2.05) is 24.3 Å². The number of hydrogen-bond donors (Lipinski definition) is 1. The van der Waals surface area contributed by atoms with Crippen LogP contribution in [0.1, 0.15) is 34.6 Å². The summed E-state index contributed by atoms with van der Waals surface area (Å²) in [5, 5.41) is 9.86. The molecule has 2 unspecified atom stereocenters. The number of fused-ring (bicyclic) bond motifs is 1. The third-order valence-electron chi connectivity index (χ3n) is 4.31.